The Bertz CT molecular complexity index is 1570. The number of carbonyl (C=O) groups excluding carboxylic acids is 2. The van der Waals surface area contributed by atoms with Crippen LogP contribution in [0.25, 0.3) is 0 Å². The number of alkyl halides is 10. The van der Waals surface area contributed by atoms with E-state index in [1.165, 1.54) is 24.3 Å². The third-order valence-corrected chi connectivity index (χ3v) is 7.58. The zero-order chi connectivity index (χ0) is 33.5. The average molecular weight is 718 g/mol. The summed E-state index contributed by atoms with van der Waals surface area (Å²) >= 11 is 2.52. The zero-order valence-corrected chi connectivity index (χ0v) is 24.0. The van der Waals surface area contributed by atoms with Gasteiger partial charge in [0.05, 0.1) is 11.3 Å². The number of carbonyl (C=O) groups is 2. The highest BCUT2D eigenvalue weighted by Gasteiger charge is 2.73. The molecule has 4 rings (SSSR count). The van der Waals surface area contributed by atoms with Crippen molar-refractivity contribution in [3.63, 3.8) is 0 Å². The first kappa shape index (κ1) is 34.2. The molecule has 1 amide bonds. The first-order valence-corrected chi connectivity index (χ1v) is 13.6. The van der Waals surface area contributed by atoms with E-state index < -0.39 is 81.3 Å². The van der Waals surface area contributed by atoms with Gasteiger partial charge in [0.1, 0.15) is 5.75 Å². The molecule has 3 aromatic carbocycles. The third kappa shape index (κ3) is 7.25. The van der Waals surface area contributed by atoms with Crippen molar-refractivity contribution < 1.29 is 62.6 Å². The number of hydrogen-bond donors (Lipinski definition) is 0. The van der Waals surface area contributed by atoms with Crippen molar-refractivity contribution in [2.24, 2.45) is 5.92 Å². The van der Waals surface area contributed by atoms with Gasteiger partial charge < -0.3 is 9.64 Å². The van der Waals surface area contributed by atoms with Gasteiger partial charge in [-0.05, 0) is 55.2 Å². The molecule has 1 fully saturated rings. The topological polar surface area (TPSA) is 46.6 Å². The van der Waals surface area contributed by atoms with Crippen molar-refractivity contribution in [1.29, 1.82) is 0 Å². The van der Waals surface area contributed by atoms with E-state index in [2.05, 4.69) is 20.7 Å². The van der Waals surface area contributed by atoms with E-state index in [9.17, 15) is 53.5 Å². The minimum Gasteiger partial charge on any atom is -0.405 e. The lowest BCUT2D eigenvalue weighted by atomic mass is 9.91. The molecule has 0 aromatic heterocycles. The van der Waals surface area contributed by atoms with E-state index in [1.54, 1.807) is 18.2 Å². The fraction of sp³-hybridized carbons (Fsp3) is 0.310. The highest BCUT2D eigenvalue weighted by Crippen LogP contribution is 2.54. The second kappa shape index (κ2) is 12.2. The van der Waals surface area contributed by atoms with E-state index in [1.807, 2.05) is 0 Å². The molecule has 1 saturated carbocycles. The first-order valence-electron chi connectivity index (χ1n) is 12.8. The predicted octanol–water partition coefficient (Wildman–Crippen LogP) is 9.26. The average Bonchev–Trinajstić information content (AvgIpc) is 3.75. The van der Waals surface area contributed by atoms with E-state index in [0.29, 0.717) is 0 Å². The molecule has 45 heavy (non-hydrogen) atoms. The molecule has 1 aliphatic rings. The standard InChI is InChI=1S/C29H19BrF11NO3/c30-20-11-17(26(32,27(33,34)35)28(36,37)38)12-23(45-29(39,40)41)19(20)13-22(43)18-7-4-8-21(24(18)31)42(14-15-9-10-15)25(44)16-5-2-1-3-6-16/h1-8,11-12,15H,9-10,13-14H2. The van der Waals surface area contributed by atoms with Crippen molar-refractivity contribution in [2.45, 2.75) is 43.6 Å². The van der Waals surface area contributed by atoms with Crippen LogP contribution in [0.15, 0.2) is 65.1 Å². The Labute approximate surface area is 255 Å². The van der Waals surface area contributed by atoms with Crippen LogP contribution < -0.4 is 9.64 Å². The molecule has 3 aromatic rings. The Balaban J connectivity index is 1.77. The summed E-state index contributed by atoms with van der Waals surface area (Å²) in [6.07, 6.45) is -18.8. The Morgan fingerprint density at radius 1 is 0.844 bits per heavy atom. The number of ether oxygens (including phenoxy) is 1. The number of ketones is 1. The summed E-state index contributed by atoms with van der Waals surface area (Å²) in [4.78, 5) is 27.6. The molecule has 242 valence electrons. The highest BCUT2D eigenvalue weighted by molar-refractivity contribution is 9.10. The van der Waals surface area contributed by atoms with E-state index in [-0.39, 0.29) is 29.8 Å². The molecule has 0 radical (unpaired) electrons. The molecule has 0 unspecified atom stereocenters. The van der Waals surface area contributed by atoms with Crippen LogP contribution in [0, 0.1) is 11.7 Å². The minimum absolute atomic E-state index is 0.0315. The van der Waals surface area contributed by atoms with Crippen molar-refractivity contribution in [3.8, 4) is 5.75 Å². The fourth-order valence-corrected chi connectivity index (χ4v) is 5.05. The maximum atomic E-state index is 15.8. The smallest absolute Gasteiger partial charge is 0.405 e. The van der Waals surface area contributed by atoms with Crippen LogP contribution in [0.5, 0.6) is 5.75 Å². The third-order valence-electron chi connectivity index (χ3n) is 6.87. The Hall–Kier alpha value is -3.69. The molecule has 0 bridgehead atoms. The molecular formula is C29H19BrF11NO3. The maximum absolute atomic E-state index is 15.8. The van der Waals surface area contributed by atoms with E-state index >= 15 is 4.39 Å². The molecule has 1 aliphatic carbocycles. The van der Waals surface area contributed by atoms with Gasteiger partial charge in [-0.2, -0.15) is 26.3 Å². The van der Waals surface area contributed by atoms with Gasteiger partial charge in [0, 0.05) is 34.1 Å². The number of rotatable bonds is 9. The number of amides is 1. The van der Waals surface area contributed by atoms with E-state index in [4.69, 9.17) is 0 Å². The summed E-state index contributed by atoms with van der Waals surface area (Å²) in [6.45, 7) is 0.0717. The van der Waals surface area contributed by atoms with Crippen LogP contribution in [0.1, 0.15) is 44.7 Å². The number of hydrogen-bond acceptors (Lipinski definition) is 3. The fourth-order valence-electron chi connectivity index (χ4n) is 4.47. The number of benzene rings is 3. The van der Waals surface area contributed by atoms with Gasteiger partial charge in [0.25, 0.3) is 5.91 Å². The molecule has 0 heterocycles. The maximum Gasteiger partial charge on any atom is 0.573 e. The van der Waals surface area contributed by atoms with Gasteiger partial charge in [-0.3, -0.25) is 9.59 Å². The van der Waals surface area contributed by atoms with Gasteiger partial charge in [0.15, 0.2) is 11.6 Å². The highest BCUT2D eigenvalue weighted by atomic mass is 79.9. The zero-order valence-electron chi connectivity index (χ0n) is 22.4. The van der Waals surface area contributed by atoms with E-state index in [0.717, 1.165) is 23.8 Å². The Kier molecular flexibility index (Phi) is 9.31. The van der Waals surface area contributed by atoms with Crippen LogP contribution in [-0.2, 0) is 12.1 Å². The van der Waals surface area contributed by atoms with Crippen LogP contribution in [-0.4, -0.2) is 37.0 Å². The summed E-state index contributed by atoms with van der Waals surface area (Å²) in [5.41, 5.74) is -10.3. The van der Waals surface area contributed by atoms with Gasteiger partial charge in [0.2, 0.25) is 0 Å². The van der Waals surface area contributed by atoms with Gasteiger partial charge in [-0.1, -0.05) is 40.2 Å². The molecule has 0 N–H and O–H groups in total. The number of nitrogens with zero attached hydrogens (tertiary/aromatic N) is 1. The van der Waals surface area contributed by atoms with Gasteiger partial charge in [-0.25, -0.2) is 8.78 Å². The molecule has 4 nitrogen and oxygen atoms in total. The van der Waals surface area contributed by atoms with Crippen LogP contribution >= 0.6 is 15.9 Å². The van der Waals surface area contributed by atoms with Crippen LogP contribution in [0.4, 0.5) is 54.0 Å². The Morgan fingerprint density at radius 3 is 1.98 bits per heavy atom. The second-order valence-corrected chi connectivity index (χ2v) is 11.0. The summed E-state index contributed by atoms with van der Waals surface area (Å²) in [5, 5.41) is 0. The number of anilines is 1. The number of halogens is 12. The molecular weight excluding hydrogens is 699 g/mol. The van der Waals surface area contributed by atoms with Gasteiger partial charge in [-0.15, -0.1) is 13.2 Å². The molecule has 16 heteroatoms. The summed E-state index contributed by atoms with van der Waals surface area (Å²) in [7, 11) is 0. The molecule has 0 aliphatic heterocycles. The van der Waals surface area contributed by atoms with Crippen molar-refractivity contribution >= 4 is 33.3 Å². The van der Waals surface area contributed by atoms with Crippen molar-refractivity contribution in [1.82, 2.24) is 0 Å². The minimum atomic E-state index is -6.66. The Morgan fingerprint density at radius 2 is 1.44 bits per heavy atom. The van der Waals surface area contributed by atoms with Gasteiger partial charge >= 0.3 is 24.4 Å². The molecule has 0 saturated heterocycles. The summed E-state index contributed by atoms with van der Waals surface area (Å²) < 4.78 is 153. The quantitative estimate of drug-likeness (QED) is 0.164. The lowest BCUT2D eigenvalue weighted by Gasteiger charge is -2.31. The van der Waals surface area contributed by atoms with Crippen LogP contribution in [0.3, 0.4) is 0 Å². The van der Waals surface area contributed by atoms with Crippen molar-refractivity contribution in [3.05, 3.63) is 93.2 Å². The molecule has 0 atom stereocenters. The summed E-state index contributed by atoms with van der Waals surface area (Å²) in [5.74, 6) is -4.89. The number of Topliss-reactive ketones (excluding diaryl/α,β-unsaturated/α-hetero) is 1. The first-order chi connectivity index (χ1) is 20.7. The normalized spacial score (nSPS) is 14.3. The lowest BCUT2D eigenvalue weighted by Crippen LogP contribution is -2.50. The monoisotopic (exact) mass is 717 g/mol. The summed E-state index contributed by atoms with van der Waals surface area (Å²) in [6, 6.07) is 10.5. The van der Waals surface area contributed by atoms with Crippen molar-refractivity contribution in [2.75, 3.05) is 11.4 Å². The second-order valence-electron chi connectivity index (χ2n) is 10.1. The SMILES string of the molecule is O=C(Cc1c(Br)cc(C(F)(C(F)(F)F)C(F)(F)F)cc1OC(F)(F)F)c1cccc(N(CC2CC2)C(=O)c2ccccc2)c1F. The van der Waals surface area contributed by atoms with Crippen LogP contribution in [0.2, 0.25) is 0 Å². The predicted molar refractivity (Wildman–Crippen MR) is 141 cm³/mol. The molecule has 0 spiro atoms. The lowest BCUT2D eigenvalue weighted by molar-refractivity contribution is -0.348. The largest absolute Gasteiger partial charge is 0.573 e.